The van der Waals surface area contributed by atoms with Crippen molar-refractivity contribution in [1.29, 1.82) is 0 Å². The fourth-order valence-electron chi connectivity index (χ4n) is 4.96. The highest BCUT2D eigenvalue weighted by molar-refractivity contribution is 14.0. The second-order valence-corrected chi connectivity index (χ2v) is 9.07. The largest absolute Gasteiger partial charge is 0.381 e. The number of ether oxygens (including phenoxy) is 1. The maximum Gasteiger partial charge on any atom is 0.191 e. The van der Waals surface area contributed by atoms with Crippen LogP contribution < -0.4 is 10.6 Å². The molecule has 0 aromatic rings. The summed E-state index contributed by atoms with van der Waals surface area (Å²) in [6.07, 6.45) is 7.35. The Kier molecular flexibility index (Phi) is 10.3. The number of rotatable bonds is 6. The highest BCUT2D eigenvalue weighted by atomic mass is 127. The van der Waals surface area contributed by atoms with Gasteiger partial charge in [-0.2, -0.15) is 0 Å². The van der Waals surface area contributed by atoms with Crippen LogP contribution in [0.4, 0.5) is 0 Å². The number of aliphatic imine (C=N–C) groups is 1. The summed E-state index contributed by atoms with van der Waals surface area (Å²) in [7, 11) is 1.90. The van der Waals surface area contributed by atoms with E-state index >= 15 is 0 Å². The van der Waals surface area contributed by atoms with Crippen LogP contribution in [0.3, 0.4) is 0 Å². The van der Waals surface area contributed by atoms with E-state index in [1.54, 1.807) is 0 Å². The first kappa shape index (κ1) is 24.2. The zero-order chi connectivity index (χ0) is 19.1. The van der Waals surface area contributed by atoms with E-state index in [4.69, 9.17) is 4.74 Å². The molecule has 28 heavy (non-hydrogen) atoms. The lowest BCUT2D eigenvalue weighted by Gasteiger charge is -2.45. The van der Waals surface area contributed by atoms with Crippen molar-refractivity contribution >= 4 is 29.9 Å². The van der Waals surface area contributed by atoms with Crippen LogP contribution in [0.15, 0.2) is 4.99 Å². The minimum Gasteiger partial charge on any atom is -0.381 e. The van der Waals surface area contributed by atoms with Gasteiger partial charge in [0.1, 0.15) is 0 Å². The summed E-state index contributed by atoms with van der Waals surface area (Å²) in [4.78, 5) is 9.83. The summed E-state index contributed by atoms with van der Waals surface area (Å²) in [6.45, 7) is 13.5. The van der Waals surface area contributed by atoms with Gasteiger partial charge in [-0.25, -0.2) is 0 Å². The number of nitrogens with zero attached hydrogens (tertiary/aromatic N) is 3. The number of hydrogen-bond acceptors (Lipinski definition) is 4. The SMILES string of the molecule is CN=C(NCC1(N2CCCC2)CCOCC1)NC1CCN(CC(C)C)CC1.I. The van der Waals surface area contributed by atoms with Gasteiger partial charge in [0.15, 0.2) is 5.96 Å². The fourth-order valence-corrected chi connectivity index (χ4v) is 4.96. The summed E-state index contributed by atoms with van der Waals surface area (Å²) < 4.78 is 5.67. The van der Waals surface area contributed by atoms with Gasteiger partial charge in [-0.1, -0.05) is 13.8 Å². The normalized spacial score (nSPS) is 24.9. The van der Waals surface area contributed by atoms with Crippen molar-refractivity contribution in [1.82, 2.24) is 20.4 Å². The lowest BCUT2D eigenvalue weighted by Crippen LogP contribution is -2.59. The van der Waals surface area contributed by atoms with Crippen LogP contribution in [-0.2, 0) is 4.74 Å². The molecule has 0 aromatic heterocycles. The molecule has 7 heteroatoms. The van der Waals surface area contributed by atoms with Crippen molar-refractivity contribution in [3.05, 3.63) is 0 Å². The Labute approximate surface area is 189 Å². The van der Waals surface area contributed by atoms with E-state index < -0.39 is 0 Å². The summed E-state index contributed by atoms with van der Waals surface area (Å²) >= 11 is 0. The molecule has 6 nitrogen and oxygen atoms in total. The molecule has 0 aromatic carbocycles. The lowest BCUT2D eigenvalue weighted by atomic mass is 9.88. The molecule has 0 atom stereocenters. The minimum absolute atomic E-state index is 0. The van der Waals surface area contributed by atoms with Crippen molar-refractivity contribution < 1.29 is 4.74 Å². The molecule has 3 heterocycles. The Balaban J connectivity index is 0.00000280. The monoisotopic (exact) mass is 507 g/mol. The Bertz CT molecular complexity index is 467. The summed E-state index contributed by atoms with van der Waals surface area (Å²) in [6, 6.07) is 0.539. The molecular weight excluding hydrogens is 465 g/mol. The minimum atomic E-state index is 0. The Morgan fingerprint density at radius 3 is 2.32 bits per heavy atom. The Hall–Kier alpha value is -0.120. The van der Waals surface area contributed by atoms with E-state index in [9.17, 15) is 0 Å². The van der Waals surface area contributed by atoms with Crippen molar-refractivity contribution in [3.63, 3.8) is 0 Å². The van der Waals surface area contributed by atoms with Crippen LogP contribution in [0, 0.1) is 5.92 Å². The number of piperidine rings is 1. The molecule has 3 rings (SSSR count). The maximum absolute atomic E-state index is 5.67. The van der Waals surface area contributed by atoms with Gasteiger partial charge in [-0.05, 0) is 57.5 Å². The van der Waals surface area contributed by atoms with Gasteiger partial charge in [-0.3, -0.25) is 9.89 Å². The van der Waals surface area contributed by atoms with E-state index in [0.29, 0.717) is 6.04 Å². The molecule has 0 aliphatic carbocycles. The zero-order valence-electron chi connectivity index (χ0n) is 18.2. The molecule has 0 unspecified atom stereocenters. The van der Waals surface area contributed by atoms with Crippen molar-refractivity contribution in [2.75, 3.05) is 59.5 Å². The van der Waals surface area contributed by atoms with Crippen molar-refractivity contribution in [2.24, 2.45) is 10.9 Å². The van der Waals surface area contributed by atoms with Crippen LogP contribution in [-0.4, -0.2) is 86.9 Å². The van der Waals surface area contributed by atoms with Crippen LogP contribution in [0.2, 0.25) is 0 Å². The first-order chi connectivity index (χ1) is 13.1. The second kappa shape index (κ2) is 11.9. The average Bonchev–Trinajstić information content (AvgIpc) is 3.22. The van der Waals surface area contributed by atoms with Crippen LogP contribution in [0.1, 0.15) is 52.4 Å². The molecule has 0 bridgehead atoms. The molecule has 0 spiro atoms. The summed E-state index contributed by atoms with van der Waals surface area (Å²) in [5.74, 6) is 1.73. The predicted octanol–water partition coefficient (Wildman–Crippen LogP) is 2.53. The number of guanidine groups is 1. The number of nitrogens with one attached hydrogen (secondary N) is 2. The molecule has 2 N–H and O–H groups in total. The predicted molar refractivity (Wildman–Crippen MR) is 128 cm³/mol. The first-order valence-electron chi connectivity index (χ1n) is 11.1. The Morgan fingerprint density at radius 2 is 1.75 bits per heavy atom. The Morgan fingerprint density at radius 1 is 1.11 bits per heavy atom. The smallest absolute Gasteiger partial charge is 0.191 e. The molecule has 3 saturated heterocycles. The number of hydrogen-bond donors (Lipinski definition) is 2. The van der Waals surface area contributed by atoms with E-state index in [0.717, 1.165) is 44.5 Å². The van der Waals surface area contributed by atoms with Gasteiger partial charge < -0.3 is 20.3 Å². The standard InChI is InChI=1S/C21H41N5O.HI/c1-18(2)16-25-12-6-19(7-13-25)24-20(22-3)23-17-21(8-14-27-15-9-21)26-10-4-5-11-26;/h18-19H,4-17H2,1-3H3,(H2,22,23,24);1H. The molecule has 3 fully saturated rings. The van der Waals surface area contributed by atoms with Gasteiger partial charge in [-0.15, -0.1) is 24.0 Å². The van der Waals surface area contributed by atoms with E-state index in [1.807, 2.05) is 7.05 Å². The topological polar surface area (TPSA) is 52.1 Å². The molecule has 164 valence electrons. The van der Waals surface area contributed by atoms with Gasteiger partial charge in [0.05, 0.1) is 0 Å². The van der Waals surface area contributed by atoms with E-state index in [1.165, 1.54) is 58.4 Å². The molecule has 3 aliphatic rings. The van der Waals surface area contributed by atoms with Crippen LogP contribution in [0.25, 0.3) is 0 Å². The van der Waals surface area contributed by atoms with Gasteiger partial charge >= 0.3 is 0 Å². The molecule has 3 aliphatic heterocycles. The third kappa shape index (κ3) is 6.71. The highest BCUT2D eigenvalue weighted by Gasteiger charge is 2.39. The first-order valence-corrected chi connectivity index (χ1v) is 11.1. The van der Waals surface area contributed by atoms with Gasteiger partial charge in [0.25, 0.3) is 0 Å². The van der Waals surface area contributed by atoms with Gasteiger partial charge in [0.2, 0.25) is 0 Å². The quantitative estimate of drug-likeness (QED) is 0.329. The van der Waals surface area contributed by atoms with E-state index in [-0.39, 0.29) is 29.5 Å². The number of likely N-dealkylation sites (tertiary alicyclic amines) is 2. The highest BCUT2D eigenvalue weighted by Crippen LogP contribution is 2.30. The molecule has 0 amide bonds. The molecule has 0 radical (unpaired) electrons. The lowest BCUT2D eigenvalue weighted by molar-refractivity contribution is -0.0164. The zero-order valence-corrected chi connectivity index (χ0v) is 20.5. The third-order valence-electron chi connectivity index (χ3n) is 6.56. The van der Waals surface area contributed by atoms with Gasteiger partial charge in [0, 0.05) is 58.0 Å². The van der Waals surface area contributed by atoms with Crippen LogP contribution >= 0.6 is 24.0 Å². The third-order valence-corrected chi connectivity index (χ3v) is 6.56. The van der Waals surface area contributed by atoms with Crippen molar-refractivity contribution in [3.8, 4) is 0 Å². The summed E-state index contributed by atoms with van der Waals surface area (Å²) in [5.41, 5.74) is 0.243. The molecule has 0 saturated carbocycles. The van der Waals surface area contributed by atoms with Crippen LogP contribution in [0.5, 0.6) is 0 Å². The fraction of sp³-hybridized carbons (Fsp3) is 0.952. The second-order valence-electron chi connectivity index (χ2n) is 9.07. The average molecular weight is 508 g/mol. The van der Waals surface area contributed by atoms with E-state index in [2.05, 4.69) is 39.3 Å². The maximum atomic E-state index is 5.67. The summed E-state index contributed by atoms with van der Waals surface area (Å²) in [5, 5.41) is 7.36. The van der Waals surface area contributed by atoms with Crippen molar-refractivity contribution in [2.45, 2.75) is 64.0 Å². The number of halogens is 1. The molecular formula is C21H42IN5O.